The lowest BCUT2D eigenvalue weighted by molar-refractivity contribution is -0.120. The van der Waals surface area contributed by atoms with Gasteiger partial charge < -0.3 is 4.98 Å². The van der Waals surface area contributed by atoms with E-state index in [9.17, 15) is 9.59 Å². The molecule has 2 aromatic rings. The second-order valence-corrected chi connectivity index (χ2v) is 4.98. The van der Waals surface area contributed by atoms with Crippen LogP contribution in [0.5, 0.6) is 0 Å². The van der Waals surface area contributed by atoms with Crippen molar-refractivity contribution in [3.8, 4) is 0 Å². The number of H-pyrrole nitrogens is 1. The van der Waals surface area contributed by atoms with Gasteiger partial charge in [0.25, 0.3) is 0 Å². The van der Waals surface area contributed by atoms with Crippen LogP contribution < -0.4 is 10.2 Å². The van der Waals surface area contributed by atoms with Crippen molar-refractivity contribution in [3.63, 3.8) is 0 Å². The van der Waals surface area contributed by atoms with Gasteiger partial charge in [0.15, 0.2) is 0 Å². The lowest BCUT2D eigenvalue weighted by Gasteiger charge is -2.26. The largest absolute Gasteiger partial charge is 0.360 e. The minimum atomic E-state index is -0.368. The number of fused-ring (bicyclic) bond motifs is 1. The lowest BCUT2D eigenvalue weighted by atomic mass is 10.2. The fourth-order valence-corrected chi connectivity index (χ4v) is 2.66. The molecule has 1 aromatic heterocycles. The van der Waals surface area contributed by atoms with Crippen molar-refractivity contribution >= 4 is 44.5 Å². The van der Waals surface area contributed by atoms with Crippen LogP contribution in [0, 0.1) is 0 Å². The highest BCUT2D eigenvalue weighted by atomic mass is 79.9. The number of benzene rings is 1. The second-order valence-electron chi connectivity index (χ2n) is 4.12. The first kappa shape index (κ1) is 11.3. The topological polar surface area (TPSA) is 65.2 Å². The Kier molecular flexibility index (Phi) is 2.59. The van der Waals surface area contributed by atoms with Crippen molar-refractivity contribution in [3.05, 3.63) is 28.9 Å². The highest BCUT2D eigenvalue weighted by Crippen LogP contribution is 2.29. The van der Waals surface area contributed by atoms with E-state index in [0.717, 1.165) is 21.1 Å². The van der Waals surface area contributed by atoms with E-state index in [1.54, 1.807) is 4.90 Å². The normalized spacial score (nSPS) is 16.2. The number of aromatic amines is 1. The number of rotatable bonds is 1. The molecule has 0 spiro atoms. The van der Waals surface area contributed by atoms with Crippen LogP contribution in [0.1, 0.15) is 6.42 Å². The predicted molar refractivity (Wildman–Crippen MR) is 71.5 cm³/mol. The van der Waals surface area contributed by atoms with Gasteiger partial charge in [0.1, 0.15) is 0 Å². The van der Waals surface area contributed by atoms with Crippen molar-refractivity contribution in [1.29, 1.82) is 0 Å². The lowest BCUT2D eigenvalue weighted by Crippen LogP contribution is -2.49. The van der Waals surface area contributed by atoms with Crippen LogP contribution in [0.4, 0.5) is 10.5 Å². The number of aromatic nitrogens is 1. The molecule has 0 aliphatic carbocycles. The molecule has 2 N–H and O–H groups in total. The van der Waals surface area contributed by atoms with Crippen LogP contribution >= 0.6 is 15.9 Å². The van der Waals surface area contributed by atoms with Gasteiger partial charge in [0, 0.05) is 34.7 Å². The smallest absolute Gasteiger partial charge is 0.328 e. The maximum atomic E-state index is 11.8. The van der Waals surface area contributed by atoms with E-state index in [-0.39, 0.29) is 11.9 Å². The van der Waals surface area contributed by atoms with E-state index >= 15 is 0 Å². The summed E-state index contributed by atoms with van der Waals surface area (Å²) < 4.78 is 0.893. The number of imide groups is 1. The second kappa shape index (κ2) is 4.13. The maximum absolute atomic E-state index is 11.8. The maximum Gasteiger partial charge on any atom is 0.328 e. The van der Waals surface area contributed by atoms with Gasteiger partial charge in [0.2, 0.25) is 5.91 Å². The van der Waals surface area contributed by atoms with Crippen molar-refractivity contribution in [2.75, 3.05) is 11.4 Å². The minimum absolute atomic E-state index is 0.224. The Bertz CT molecular complexity index is 650. The molecule has 2 heterocycles. The van der Waals surface area contributed by atoms with E-state index in [1.807, 2.05) is 24.4 Å². The molecule has 3 amide bonds. The minimum Gasteiger partial charge on any atom is -0.360 e. The molecule has 1 aliphatic heterocycles. The van der Waals surface area contributed by atoms with E-state index in [0.29, 0.717) is 13.0 Å². The number of nitrogens with zero attached hydrogens (tertiary/aromatic N) is 1. The number of nitrogens with one attached hydrogen (secondary N) is 2. The van der Waals surface area contributed by atoms with E-state index in [1.165, 1.54) is 0 Å². The SMILES string of the molecule is O=C1CCN(c2cc(Br)c3[nH]ccc3c2)C(=O)N1. The fourth-order valence-electron chi connectivity index (χ4n) is 2.08. The Labute approximate surface area is 111 Å². The third kappa shape index (κ3) is 1.78. The molecule has 0 bridgehead atoms. The summed E-state index contributed by atoms with van der Waals surface area (Å²) in [4.78, 5) is 27.6. The van der Waals surface area contributed by atoms with Gasteiger partial charge in [0.05, 0.1) is 5.52 Å². The molecule has 3 rings (SSSR count). The number of halogens is 1. The average Bonchev–Trinajstić information content (AvgIpc) is 2.77. The highest BCUT2D eigenvalue weighted by Gasteiger charge is 2.24. The summed E-state index contributed by atoms with van der Waals surface area (Å²) in [6.07, 6.45) is 2.17. The molecule has 92 valence electrons. The summed E-state index contributed by atoms with van der Waals surface area (Å²) in [5, 5.41) is 3.33. The summed E-state index contributed by atoms with van der Waals surface area (Å²) in [7, 11) is 0. The number of carbonyl (C=O) groups excluding carboxylic acids is 2. The molecule has 6 heteroatoms. The van der Waals surface area contributed by atoms with Crippen LogP contribution in [-0.2, 0) is 4.79 Å². The monoisotopic (exact) mass is 307 g/mol. The molecule has 0 saturated carbocycles. The van der Waals surface area contributed by atoms with Gasteiger partial charge >= 0.3 is 6.03 Å². The van der Waals surface area contributed by atoms with Gasteiger partial charge in [-0.2, -0.15) is 0 Å². The molecule has 0 radical (unpaired) electrons. The van der Waals surface area contributed by atoms with E-state index in [2.05, 4.69) is 26.2 Å². The van der Waals surface area contributed by atoms with Gasteiger partial charge in [-0.05, 0) is 34.1 Å². The third-order valence-corrected chi connectivity index (χ3v) is 3.59. The van der Waals surface area contributed by atoms with Crippen molar-refractivity contribution in [2.45, 2.75) is 6.42 Å². The fraction of sp³-hybridized carbons (Fsp3) is 0.167. The number of carbonyl (C=O) groups is 2. The van der Waals surface area contributed by atoms with Crippen LogP contribution in [-0.4, -0.2) is 23.5 Å². The van der Waals surface area contributed by atoms with Crippen LogP contribution in [0.3, 0.4) is 0 Å². The van der Waals surface area contributed by atoms with Crippen molar-refractivity contribution in [2.24, 2.45) is 0 Å². The third-order valence-electron chi connectivity index (χ3n) is 2.96. The molecule has 1 fully saturated rings. The Hall–Kier alpha value is -1.82. The van der Waals surface area contributed by atoms with Gasteiger partial charge in [-0.15, -0.1) is 0 Å². The Morgan fingerprint density at radius 1 is 1.28 bits per heavy atom. The standard InChI is InChI=1S/C12H10BrN3O2/c13-9-6-8(5-7-1-3-14-11(7)9)16-4-2-10(17)15-12(16)18/h1,3,5-6,14H,2,4H2,(H,15,17,18). The summed E-state index contributed by atoms with van der Waals surface area (Å²) in [6.45, 7) is 0.410. The zero-order chi connectivity index (χ0) is 12.7. The number of urea groups is 1. The van der Waals surface area contributed by atoms with Crippen molar-refractivity contribution in [1.82, 2.24) is 10.3 Å². The summed E-state index contributed by atoms with van der Waals surface area (Å²) >= 11 is 3.47. The molecule has 18 heavy (non-hydrogen) atoms. The molecule has 5 nitrogen and oxygen atoms in total. The average molecular weight is 308 g/mol. The first-order valence-electron chi connectivity index (χ1n) is 5.53. The van der Waals surface area contributed by atoms with Crippen LogP contribution in [0.25, 0.3) is 10.9 Å². The summed E-state index contributed by atoms with van der Waals surface area (Å²) in [5.41, 5.74) is 1.77. The highest BCUT2D eigenvalue weighted by molar-refractivity contribution is 9.10. The molecule has 0 unspecified atom stereocenters. The molecule has 1 aliphatic rings. The summed E-state index contributed by atoms with van der Waals surface area (Å²) in [5.74, 6) is -0.224. The number of hydrogen-bond acceptors (Lipinski definition) is 2. The van der Waals surface area contributed by atoms with Crippen LogP contribution in [0.2, 0.25) is 0 Å². The van der Waals surface area contributed by atoms with Crippen LogP contribution in [0.15, 0.2) is 28.9 Å². The predicted octanol–water partition coefficient (Wildman–Crippen LogP) is 2.38. The summed E-state index contributed by atoms with van der Waals surface area (Å²) in [6, 6.07) is 5.37. The first-order chi connectivity index (χ1) is 8.65. The van der Waals surface area contributed by atoms with Gasteiger partial charge in [-0.1, -0.05) is 0 Å². The Balaban J connectivity index is 2.03. The van der Waals surface area contributed by atoms with E-state index < -0.39 is 0 Å². The Morgan fingerprint density at radius 2 is 2.11 bits per heavy atom. The zero-order valence-corrected chi connectivity index (χ0v) is 11.0. The number of hydrogen-bond donors (Lipinski definition) is 2. The molecule has 1 aromatic carbocycles. The number of amides is 3. The van der Waals surface area contributed by atoms with Gasteiger partial charge in [-0.25, -0.2) is 4.79 Å². The quantitative estimate of drug-likeness (QED) is 0.849. The number of anilines is 1. The molecule has 0 atom stereocenters. The zero-order valence-electron chi connectivity index (χ0n) is 9.37. The van der Waals surface area contributed by atoms with E-state index in [4.69, 9.17) is 0 Å². The molecule has 1 saturated heterocycles. The Morgan fingerprint density at radius 3 is 2.89 bits per heavy atom. The molecular weight excluding hydrogens is 298 g/mol. The van der Waals surface area contributed by atoms with Crippen molar-refractivity contribution < 1.29 is 9.59 Å². The van der Waals surface area contributed by atoms with Gasteiger partial charge in [-0.3, -0.25) is 15.0 Å². The molecular formula is C12H10BrN3O2. The first-order valence-corrected chi connectivity index (χ1v) is 6.32.